The first-order valence-electron chi connectivity index (χ1n) is 13.9. The predicted octanol–water partition coefficient (Wildman–Crippen LogP) is 4.77. The van der Waals surface area contributed by atoms with Gasteiger partial charge >= 0.3 is 0 Å². The van der Waals surface area contributed by atoms with Crippen LogP contribution in [0.25, 0.3) is 17.0 Å². The maximum atomic E-state index is 13.2. The van der Waals surface area contributed by atoms with Crippen LogP contribution in [0, 0.1) is 0 Å². The zero-order valence-electron chi connectivity index (χ0n) is 22.4. The number of fused-ring (bicyclic) bond motifs is 2. The first-order chi connectivity index (χ1) is 19.0. The molecule has 204 valence electrons. The maximum absolute atomic E-state index is 13.2. The minimum absolute atomic E-state index is 0.0934. The number of aromatic nitrogens is 1. The molecule has 3 aliphatic heterocycles. The van der Waals surface area contributed by atoms with Crippen molar-refractivity contribution >= 4 is 28.7 Å². The van der Waals surface area contributed by atoms with Crippen LogP contribution in [-0.2, 0) is 28.0 Å². The zero-order valence-corrected chi connectivity index (χ0v) is 22.4. The second-order valence-corrected chi connectivity index (χ2v) is 10.9. The van der Waals surface area contributed by atoms with Crippen molar-refractivity contribution in [3.8, 4) is 5.75 Å². The van der Waals surface area contributed by atoms with E-state index < -0.39 is 11.9 Å². The molecule has 2 fully saturated rings. The Hall–Kier alpha value is -3.46. The number of piperidine rings is 1. The topological polar surface area (TPSA) is 82.0 Å². The van der Waals surface area contributed by atoms with E-state index in [0.717, 1.165) is 57.3 Å². The summed E-state index contributed by atoms with van der Waals surface area (Å²) in [5.41, 5.74) is 5.84. The second-order valence-electron chi connectivity index (χ2n) is 10.9. The third-order valence-corrected chi connectivity index (χ3v) is 8.17. The lowest BCUT2D eigenvalue weighted by Crippen LogP contribution is -2.50. The van der Waals surface area contributed by atoms with Crippen molar-refractivity contribution in [1.29, 1.82) is 0 Å². The molecule has 8 nitrogen and oxygen atoms in total. The fourth-order valence-electron chi connectivity index (χ4n) is 5.87. The normalized spacial score (nSPS) is 21.3. The van der Waals surface area contributed by atoms with Crippen LogP contribution in [0.15, 0.2) is 54.6 Å². The Morgan fingerprint density at radius 3 is 2.79 bits per heavy atom. The number of rotatable bonds is 6. The summed E-state index contributed by atoms with van der Waals surface area (Å²) in [5.74, 6) is 0.349. The quantitative estimate of drug-likeness (QED) is 0.366. The molecule has 39 heavy (non-hydrogen) atoms. The van der Waals surface area contributed by atoms with Gasteiger partial charge in [0.15, 0.2) is 12.1 Å². The smallest absolute Gasteiger partial charge is 0.267 e. The molecule has 0 bridgehead atoms. The van der Waals surface area contributed by atoms with Gasteiger partial charge < -0.3 is 14.0 Å². The van der Waals surface area contributed by atoms with E-state index in [1.165, 1.54) is 22.7 Å². The molecule has 3 aliphatic rings. The number of aryl methyl sites for hydroxylation is 1. The van der Waals surface area contributed by atoms with E-state index in [4.69, 9.17) is 14.3 Å². The number of ether oxygens (including phenoxy) is 2. The lowest BCUT2D eigenvalue weighted by molar-refractivity contribution is -0.198. The minimum atomic E-state index is -0.449. The van der Waals surface area contributed by atoms with Gasteiger partial charge in [-0.3, -0.25) is 14.5 Å². The second kappa shape index (κ2) is 11.0. The largest absolute Gasteiger partial charge is 0.486 e. The Morgan fingerprint density at radius 2 is 2.00 bits per heavy atom. The first kappa shape index (κ1) is 25.8. The molecule has 0 saturated carbocycles. The van der Waals surface area contributed by atoms with Crippen LogP contribution in [0.4, 0.5) is 0 Å². The number of para-hydroxylation sites is 1. The molecule has 0 aliphatic carbocycles. The van der Waals surface area contributed by atoms with Crippen LogP contribution in [0.5, 0.6) is 5.75 Å². The van der Waals surface area contributed by atoms with E-state index in [1.807, 2.05) is 12.1 Å². The number of hydrogen-bond donors (Lipinski definition) is 1. The van der Waals surface area contributed by atoms with Gasteiger partial charge in [-0.1, -0.05) is 24.3 Å². The number of hydroxylamine groups is 1. The lowest BCUT2D eigenvalue weighted by Gasteiger charge is -2.44. The monoisotopic (exact) mass is 529 g/mol. The van der Waals surface area contributed by atoms with Gasteiger partial charge in [0.05, 0.1) is 12.0 Å². The number of Topliss-reactive ketones (excluding diaryl/α,β-unsaturated/α-hetero) is 1. The lowest BCUT2D eigenvalue weighted by atomic mass is 9.82. The molecule has 2 aromatic carbocycles. The molecule has 1 spiro atoms. The van der Waals surface area contributed by atoms with Crippen molar-refractivity contribution in [2.75, 3.05) is 19.7 Å². The number of likely N-dealkylation sites (tertiary alicyclic amines) is 1. The fraction of sp³-hybridized carbons (Fsp3) is 0.419. The van der Waals surface area contributed by atoms with Crippen LogP contribution in [0.1, 0.15) is 60.1 Å². The highest BCUT2D eigenvalue weighted by molar-refractivity contribution is 6.01. The van der Waals surface area contributed by atoms with Crippen LogP contribution < -0.4 is 10.2 Å². The van der Waals surface area contributed by atoms with Crippen molar-refractivity contribution in [1.82, 2.24) is 14.9 Å². The number of nitrogens with zero attached hydrogens (tertiary/aromatic N) is 2. The van der Waals surface area contributed by atoms with Crippen molar-refractivity contribution < 1.29 is 23.9 Å². The Morgan fingerprint density at radius 1 is 1.15 bits per heavy atom. The van der Waals surface area contributed by atoms with Crippen molar-refractivity contribution in [2.24, 2.45) is 7.05 Å². The molecular weight excluding hydrogens is 494 g/mol. The molecule has 3 aromatic rings. The summed E-state index contributed by atoms with van der Waals surface area (Å²) < 4.78 is 14.2. The molecule has 1 unspecified atom stereocenters. The van der Waals surface area contributed by atoms with Gasteiger partial charge in [0, 0.05) is 69.8 Å². The highest BCUT2D eigenvalue weighted by Crippen LogP contribution is 2.40. The molecule has 1 N–H and O–H groups in total. The van der Waals surface area contributed by atoms with Crippen molar-refractivity contribution in [3.05, 3.63) is 71.4 Å². The van der Waals surface area contributed by atoms with Crippen LogP contribution in [-0.4, -0.2) is 52.7 Å². The van der Waals surface area contributed by atoms with Crippen molar-refractivity contribution in [3.63, 3.8) is 0 Å². The summed E-state index contributed by atoms with van der Waals surface area (Å²) in [4.78, 5) is 33.1. The van der Waals surface area contributed by atoms with Gasteiger partial charge in [0.1, 0.15) is 11.4 Å². The maximum Gasteiger partial charge on any atom is 0.267 e. The molecule has 0 radical (unpaired) electrons. The molecule has 1 aromatic heterocycles. The molecule has 2 saturated heterocycles. The summed E-state index contributed by atoms with van der Waals surface area (Å²) in [5, 5.41) is 1.26. The van der Waals surface area contributed by atoms with Gasteiger partial charge in [-0.2, -0.15) is 0 Å². The number of carbonyl (C=O) groups excluding carboxylic acids is 2. The first-order valence-corrected chi connectivity index (χ1v) is 13.9. The van der Waals surface area contributed by atoms with E-state index in [9.17, 15) is 9.59 Å². The van der Waals surface area contributed by atoms with E-state index in [-0.39, 0.29) is 11.7 Å². The zero-order chi connectivity index (χ0) is 26.8. The number of carbonyl (C=O) groups is 2. The van der Waals surface area contributed by atoms with Crippen LogP contribution >= 0.6 is 0 Å². The van der Waals surface area contributed by atoms with Gasteiger partial charge in [-0.25, -0.2) is 10.3 Å². The standard InChI is InChI=1S/C31H35N3O5/c1-33-24(19-23-6-2-3-7-26(23)33)21-34-15-13-31(14-16-34)20-27(35)25-18-22(9-11-28(25)38-31)10-12-29(36)32-39-30-8-4-5-17-37-30/h2-3,6-7,9-12,18-19,30H,4-5,8,13-17,20-21H2,1H3,(H,32,36). The molecule has 1 atom stereocenters. The number of benzene rings is 2. The van der Waals surface area contributed by atoms with Crippen LogP contribution in [0.3, 0.4) is 0 Å². The highest BCUT2D eigenvalue weighted by Gasteiger charge is 2.43. The number of amides is 1. The van der Waals surface area contributed by atoms with E-state index >= 15 is 0 Å². The van der Waals surface area contributed by atoms with Gasteiger partial charge in [0.25, 0.3) is 5.91 Å². The van der Waals surface area contributed by atoms with E-state index in [2.05, 4.69) is 52.3 Å². The number of hydrogen-bond acceptors (Lipinski definition) is 6. The van der Waals surface area contributed by atoms with E-state index in [1.54, 1.807) is 12.1 Å². The molecule has 8 heteroatoms. The summed E-state index contributed by atoms with van der Waals surface area (Å²) >= 11 is 0. The Bertz CT molecular complexity index is 1400. The Kier molecular flexibility index (Phi) is 7.25. The average molecular weight is 530 g/mol. The van der Waals surface area contributed by atoms with E-state index in [0.29, 0.717) is 24.3 Å². The molecule has 1 amide bonds. The molecule has 6 rings (SSSR count). The predicted molar refractivity (Wildman–Crippen MR) is 148 cm³/mol. The Balaban J connectivity index is 1.05. The summed E-state index contributed by atoms with van der Waals surface area (Å²) in [6, 6.07) is 16.2. The van der Waals surface area contributed by atoms with Crippen molar-refractivity contribution in [2.45, 2.75) is 57.0 Å². The minimum Gasteiger partial charge on any atom is -0.486 e. The SMILES string of the molecule is Cn1c(CN2CCC3(CC2)CC(=O)c2cc(C=CC(=O)NOC4CCCCO4)ccc2O3)cc2ccccc21. The fourth-order valence-corrected chi connectivity index (χ4v) is 5.87. The molecular formula is C31H35N3O5. The van der Waals surface area contributed by atoms with Gasteiger partial charge in [-0.05, 0) is 54.1 Å². The van der Waals surface area contributed by atoms with Crippen LogP contribution in [0.2, 0.25) is 0 Å². The average Bonchev–Trinajstić information content (AvgIpc) is 3.27. The summed E-state index contributed by atoms with van der Waals surface area (Å²) in [6.45, 7) is 3.29. The Labute approximate surface area is 228 Å². The highest BCUT2D eigenvalue weighted by atomic mass is 16.8. The number of ketones is 1. The van der Waals surface area contributed by atoms with Gasteiger partial charge in [0.2, 0.25) is 0 Å². The third-order valence-electron chi connectivity index (χ3n) is 8.17. The number of nitrogens with one attached hydrogen (secondary N) is 1. The third kappa shape index (κ3) is 5.64. The summed E-state index contributed by atoms with van der Waals surface area (Å²) in [6.07, 6.45) is 7.48. The molecule has 4 heterocycles. The summed E-state index contributed by atoms with van der Waals surface area (Å²) in [7, 11) is 2.12. The van der Waals surface area contributed by atoms with Gasteiger partial charge in [-0.15, -0.1) is 0 Å².